The van der Waals surface area contributed by atoms with Gasteiger partial charge in [0, 0.05) is 6.54 Å². The van der Waals surface area contributed by atoms with Crippen LogP contribution in [-0.4, -0.2) is 18.7 Å². The Hall–Kier alpha value is -0.860. The average molecular weight is 207 g/mol. The molecule has 15 heavy (non-hydrogen) atoms. The molecule has 0 bridgehead atoms. The Balaban J connectivity index is 2.73. The molecule has 1 atom stereocenters. The lowest BCUT2D eigenvalue weighted by molar-refractivity contribution is 0.177. The molecule has 0 fully saturated rings. The third-order valence-electron chi connectivity index (χ3n) is 2.38. The standard InChI is InChI=1S/C13H21NO/c1-10(2)7-11-5-4-6-12(8-11)13(15)9-14-3/h4-6,8,10,13-15H,7,9H2,1-3H3. The molecule has 0 radical (unpaired) electrons. The first-order chi connectivity index (χ1) is 7.13. The van der Waals surface area contributed by atoms with Crippen molar-refractivity contribution in [2.45, 2.75) is 26.4 Å². The Bertz CT molecular complexity index is 296. The number of likely N-dealkylation sites (N-methyl/N-ethyl adjacent to an activating group) is 1. The molecule has 1 unspecified atom stereocenters. The predicted molar refractivity (Wildman–Crippen MR) is 63.9 cm³/mol. The van der Waals surface area contributed by atoms with Gasteiger partial charge in [-0.05, 0) is 30.5 Å². The van der Waals surface area contributed by atoms with Gasteiger partial charge in [-0.15, -0.1) is 0 Å². The van der Waals surface area contributed by atoms with E-state index in [-0.39, 0.29) is 0 Å². The lowest BCUT2D eigenvalue weighted by Gasteiger charge is -2.12. The van der Waals surface area contributed by atoms with Crippen LogP contribution < -0.4 is 5.32 Å². The highest BCUT2D eigenvalue weighted by molar-refractivity contribution is 5.25. The molecule has 0 aliphatic heterocycles. The average Bonchev–Trinajstić information content (AvgIpc) is 2.17. The monoisotopic (exact) mass is 207 g/mol. The molecule has 0 aliphatic rings. The first kappa shape index (κ1) is 12.2. The minimum atomic E-state index is -0.401. The van der Waals surface area contributed by atoms with Crippen LogP contribution in [0.25, 0.3) is 0 Å². The minimum absolute atomic E-state index is 0.401. The number of aliphatic hydroxyl groups is 1. The fourth-order valence-electron chi connectivity index (χ4n) is 1.71. The second-order valence-corrected chi connectivity index (χ2v) is 4.42. The highest BCUT2D eigenvalue weighted by Crippen LogP contribution is 2.16. The van der Waals surface area contributed by atoms with Crippen molar-refractivity contribution in [3.8, 4) is 0 Å². The maximum atomic E-state index is 9.82. The van der Waals surface area contributed by atoms with Gasteiger partial charge in [0.2, 0.25) is 0 Å². The Morgan fingerprint density at radius 1 is 1.33 bits per heavy atom. The molecule has 0 saturated carbocycles. The van der Waals surface area contributed by atoms with Crippen molar-refractivity contribution in [1.82, 2.24) is 5.32 Å². The maximum Gasteiger partial charge on any atom is 0.0914 e. The van der Waals surface area contributed by atoms with E-state index in [0.717, 1.165) is 12.0 Å². The van der Waals surface area contributed by atoms with Gasteiger partial charge in [0.15, 0.2) is 0 Å². The van der Waals surface area contributed by atoms with Gasteiger partial charge < -0.3 is 10.4 Å². The van der Waals surface area contributed by atoms with Crippen molar-refractivity contribution >= 4 is 0 Å². The molecule has 2 N–H and O–H groups in total. The third-order valence-corrected chi connectivity index (χ3v) is 2.38. The van der Waals surface area contributed by atoms with E-state index in [4.69, 9.17) is 0 Å². The van der Waals surface area contributed by atoms with Crippen molar-refractivity contribution in [2.24, 2.45) is 5.92 Å². The van der Waals surface area contributed by atoms with Gasteiger partial charge in [0.25, 0.3) is 0 Å². The van der Waals surface area contributed by atoms with Crippen LogP contribution in [0.5, 0.6) is 0 Å². The van der Waals surface area contributed by atoms with Gasteiger partial charge >= 0.3 is 0 Å². The fourth-order valence-corrected chi connectivity index (χ4v) is 1.71. The Morgan fingerprint density at radius 2 is 2.07 bits per heavy atom. The summed E-state index contributed by atoms with van der Waals surface area (Å²) >= 11 is 0. The number of rotatable bonds is 5. The smallest absolute Gasteiger partial charge is 0.0914 e. The normalized spacial score (nSPS) is 13.1. The maximum absolute atomic E-state index is 9.82. The largest absolute Gasteiger partial charge is 0.387 e. The number of aliphatic hydroxyl groups excluding tert-OH is 1. The van der Waals surface area contributed by atoms with Gasteiger partial charge in [-0.1, -0.05) is 38.1 Å². The summed E-state index contributed by atoms with van der Waals surface area (Å²) in [5, 5.41) is 12.8. The Morgan fingerprint density at radius 3 is 2.67 bits per heavy atom. The Kier molecular flexibility index (Phi) is 4.79. The molecule has 2 nitrogen and oxygen atoms in total. The molecule has 0 spiro atoms. The predicted octanol–water partition coefficient (Wildman–Crippen LogP) is 2.14. The molecule has 1 aromatic carbocycles. The van der Waals surface area contributed by atoms with Gasteiger partial charge in [0.05, 0.1) is 6.10 Å². The van der Waals surface area contributed by atoms with E-state index >= 15 is 0 Å². The van der Waals surface area contributed by atoms with E-state index in [1.807, 2.05) is 19.2 Å². The lowest BCUT2D eigenvalue weighted by Crippen LogP contribution is -2.16. The van der Waals surface area contributed by atoms with Crippen LogP contribution in [0.3, 0.4) is 0 Å². The number of benzene rings is 1. The minimum Gasteiger partial charge on any atom is -0.387 e. The molecular weight excluding hydrogens is 186 g/mol. The van der Waals surface area contributed by atoms with Crippen LogP contribution in [0.4, 0.5) is 0 Å². The molecule has 0 heterocycles. The van der Waals surface area contributed by atoms with Gasteiger partial charge in [-0.2, -0.15) is 0 Å². The van der Waals surface area contributed by atoms with E-state index in [0.29, 0.717) is 12.5 Å². The number of hydrogen-bond donors (Lipinski definition) is 2. The summed E-state index contributed by atoms with van der Waals surface area (Å²) in [4.78, 5) is 0. The third kappa shape index (κ3) is 4.02. The molecule has 0 aromatic heterocycles. The van der Waals surface area contributed by atoms with Crippen molar-refractivity contribution in [3.63, 3.8) is 0 Å². The topological polar surface area (TPSA) is 32.3 Å². The highest BCUT2D eigenvalue weighted by Gasteiger charge is 2.06. The second-order valence-electron chi connectivity index (χ2n) is 4.42. The van der Waals surface area contributed by atoms with Gasteiger partial charge in [0.1, 0.15) is 0 Å². The number of hydrogen-bond acceptors (Lipinski definition) is 2. The first-order valence-electron chi connectivity index (χ1n) is 5.55. The van der Waals surface area contributed by atoms with Crippen LogP contribution in [0, 0.1) is 5.92 Å². The SMILES string of the molecule is CNCC(O)c1cccc(CC(C)C)c1. The van der Waals surface area contributed by atoms with E-state index in [1.54, 1.807) is 0 Å². The quantitative estimate of drug-likeness (QED) is 0.775. The van der Waals surface area contributed by atoms with E-state index < -0.39 is 6.10 Å². The summed E-state index contributed by atoms with van der Waals surface area (Å²) in [6.45, 7) is 5.01. The molecule has 2 heteroatoms. The summed E-state index contributed by atoms with van der Waals surface area (Å²) in [5.41, 5.74) is 2.31. The van der Waals surface area contributed by atoms with Crippen molar-refractivity contribution in [3.05, 3.63) is 35.4 Å². The van der Waals surface area contributed by atoms with Crippen LogP contribution in [0.1, 0.15) is 31.1 Å². The first-order valence-corrected chi connectivity index (χ1v) is 5.55. The highest BCUT2D eigenvalue weighted by atomic mass is 16.3. The van der Waals surface area contributed by atoms with Crippen LogP contribution in [0.15, 0.2) is 24.3 Å². The molecule has 0 saturated heterocycles. The van der Waals surface area contributed by atoms with Crippen LogP contribution in [0.2, 0.25) is 0 Å². The van der Waals surface area contributed by atoms with E-state index in [2.05, 4.69) is 31.3 Å². The zero-order valence-electron chi connectivity index (χ0n) is 9.83. The van der Waals surface area contributed by atoms with Crippen molar-refractivity contribution < 1.29 is 5.11 Å². The summed E-state index contributed by atoms with van der Waals surface area (Å²) in [6, 6.07) is 8.22. The van der Waals surface area contributed by atoms with Gasteiger partial charge in [-0.25, -0.2) is 0 Å². The Labute approximate surface area is 92.3 Å². The summed E-state index contributed by atoms with van der Waals surface area (Å²) in [5.74, 6) is 0.654. The second kappa shape index (κ2) is 5.89. The molecule has 0 aliphatic carbocycles. The van der Waals surface area contributed by atoms with E-state index in [9.17, 15) is 5.11 Å². The van der Waals surface area contributed by atoms with Crippen molar-refractivity contribution in [1.29, 1.82) is 0 Å². The van der Waals surface area contributed by atoms with E-state index in [1.165, 1.54) is 5.56 Å². The molecular formula is C13H21NO. The summed E-state index contributed by atoms with van der Waals surface area (Å²) < 4.78 is 0. The number of nitrogens with one attached hydrogen (secondary N) is 1. The zero-order valence-corrected chi connectivity index (χ0v) is 9.83. The van der Waals surface area contributed by atoms with Gasteiger partial charge in [-0.3, -0.25) is 0 Å². The molecule has 0 amide bonds. The fraction of sp³-hybridized carbons (Fsp3) is 0.538. The summed E-state index contributed by atoms with van der Waals surface area (Å²) in [6.07, 6.45) is 0.669. The van der Waals surface area contributed by atoms with Crippen LogP contribution >= 0.6 is 0 Å². The summed E-state index contributed by atoms with van der Waals surface area (Å²) in [7, 11) is 1.85. The molecule has 84 valence electrons. The van der Waals surface area contributed by atoms with Crippen LogP contribution in [-0.2, 0) is 6.42 Å². The lowest BCUT2D eigenvalue weighted by atomic mass is 9.99. The molecule has 1 rings (SSSR count). The zero-order chi connectivity index (χ0) is 11.3. The van der Waals surface area contributed by atoms with Crippen molar-refractivity contribution in [2.75, 3.05) is 13.6 Å². The molecule has 1 aromatic rings.